The van der Waals surface area contributed by atoms with Crippen molar-refractivity contribution in [3.05, 3.63) is 34.4 Å². The first kappa shape index (κ1) is 14.2. The van der Waals surface area contributed by atoms with Crippen LogP contribution in [0.15, 0.2) is 12.1 Å². The molecule has 0 aromatic heterocycles. The molecule has 0 atom stereocenters. The molecule has 0 saturated carbocycles. The highest BCUT2D eigenvalue weighted by molar-refractivity contribution is 5.37. The van der Waals surface area contributed by atoms with E-state index >= 15 is 0 Å². The Bertz CT molecular complexity index is 335. The van der Waals surface area contributed by atoms with E-state index in [-0.39, 0.29) is 0 Å². The molecule has 1 rings (SSSR count). The molecule has 0 radical (unpaired) electrons. The summed E-state index contributed by atoms with van der Waals surface area (Å²) in [5.41, 5.74) is 5.67. The minimum absolute atomic E-state index is 1.04. The van der Waals surface area contributed by atoms with Gasteiger partial charge >= 0.3 is 0 Å². The van der Waals surface area contributed by atoms with Crippen LogP contribution in [0, 0.1) is 20.8 Å². The zero-order valence-electron chi connectivity index (χ0n) is 11.9. The second kappa shape index (κ2) is 6.77. The Kier molecular flexibility index (Phi) is 5.66. The summed E-state index contributed by atoms with van der Waals surface area (Å²) in [6.07, 6.45) is 0. The normalized spacial score (nSPS) is 11.2. The lowest BCUT2D eigenvalue weighted by atomic mass is 9.99. The SMILES string of the molecule is CCNCCN(C)Cc1c(C)cc(C)cc1C. The minimum Gasteiger partial charge on any atom is -0.316 e. The van der Waals surface area contributed by atoms with Crippen molar-refractivity contribution in [1.82, 2.24) is 10.2 Å². The van der Waals surface area contributed by atoms with Gasteiger partial charge in [0.1, 0.15) is 0 Å². The molecule has 0 aliphatic rings. The number of benzene rings is 1. The van der Waals surface area contributed by atoms with E-state index in [2.05, 4.69) is 57.1 Å². The van der Waals surface area contributed by atoms with Crippen molar-refractivity contribution in [2.24, 2.45) is 0 Å². The van der Waals surface area contributed by atoms with Gasteiger partial charge in [-0.2, -0.15) is 0 Å². The fraction of sp³-hybridized carbons (Fsp3) is 0.600. The summed E-state index contributed by atoms with van der Waals surface area (Å²) in [5.74, 6) is 0. The van der Waals surface area contributed by atoms with Gasteiger partial charge < -0.3 is 10.2 Å². The van der Waals surface area contributed by atoms with Crippen LogP contribution in [-0.2, 0) is 6.54 Å². The second-order valence-corrected chi connectivity index (χ2v) is 4.97. The van der Waals surface area contributed by atoms with E-state index in [1.807, 2.05) is 0 Å². The topological polar surface area (TPSA) is 15.3 Å². The molecule has 1 aromatic carbocycles. The van der Waals surface area contributed by atoms with E-state index in [0.29, 0.717) is 0 Å². The van der Waals surface area contributed by atoms with Gasteiger partial charge in [0.15, 0.2) is 0 Å². The maximum atomic E-state index is 3.36. The van der Waals surface area contributed by atoms with Gasteiger partial charge in [0.2, 0.25) is 0 Å². The smallest absolute Gasteiger partial charge is 0.0236 e. The van der Waals surface area contributed by atoms with Crippen LogP contribution in [0.4, 0.5) is 0 Å². The van der Waals surface area contributed by atoms with Gasteiger partial charge in [0, 0.05) is 19.6 Å². The number of rotatable bonds is 6. The Morgan fingerprint density at radius 3 is 2.24 bits per heavy atom. The predicted molar refractivity (Wildman–Crippen MR) is 75.5 cm³/mol. The Hall–Kier alpha value is -0.860. The first-order valence-electron chi connectivity index (χ1n) is 6.50. The summed E-state index contributed by atoms with van der Waals surface area (Å²) >= 11 is 0. The number of nitrogens with one attached hydrogen (secondary N) is 1. The third-order valence-corrected chi connectivity index (χ3v) is 3.19. The molecule has 2 heteroatoms. The molecule has 0 saturated heterocycles. The maximum absolute atomic E-state index is 3.36. The number of hydrogen-bond acceptors (Lipinski definition) is 2. The molecule has 1 aromatic rings. The number of aryl methyl sites for hydroxylation is 3. The number of hydrogen-bond donors (Lipinski definition) is 1. The highest BCUT2D eigenvalue weighted by atomic mass is 15.1. The summed E-state index contributed by atoms with van der Waals surface area (Å²) < 4.78 is 0. The lowest BCUT2D eigenvalue weighted by molar-refractivity contribution is 0.324. The molecule has 0 amide bonds. The van der Waals surface area contributed by atoms with Gasteiger partial charge in [0.25, 0.3) is 0 Å². The van der Waals surface area contributed by atoms with Crippen molar-refractivity contribution in [3.8, 4) is 0 Å². The average molecular weight is 234 g/mol. The van der Waals surface area contributed by atoms with Crippen LogP contribution >= 0.6 is 0 Å². The quantitative estimate of drug-likeness (QED) is 0.761. The minimum atomic E-state index is 1.04. The highest BCUT2D eigenvalue weighted by Gasteiger charge is 2.06. The molecule has 0 unspecified atom stereocenters. The van der Waals surface area contributed by atoms with Gasteiger partial charge in [-0.05, 0) is 51.1 Å². The van der Waals surface area contributed by atoms with Crippen LogP contribution in [0.2, 0.25) is 0 Å². The third-order valence-electron chi connectivity index (χ3n) is 3.19. The van der Waals surface area contributed by atoms with Crippen LogP contribution in [0.3, 0.4) is 0 Å². The molecule has 0 bridgehead atoms. The van der Waals surface area contributed by atoms with Gasteiger partial charge in [-0.25, -0.2) is 0 Å². The lowest BCUT2D eigenvalue weighted by Gasteiger charge is -2.20. The van der Waals surface area contributed by atoms with E-state index < -0.39 is 0 Å². The van der Waals surface area contributed by atoms with Gasteiger partial charge in [0.05, 0.1) is 0 Å². The van der Waals surface area contributed by atoms with E-state index in [9.17, 15) is 0 Å². The van der Waals surface area contributed by atoms with Crippen LogP contribution < -0.4 is 5.32 Å². The summed E-state index contributed by atoms with van der Waals surface area (Å²) in [7, 11) is 2.19. The van der Waals surface area contributed by atoms with Crippen molar-refractivity contribution >= 4 is 0 Å². The molecule has 0 spiro atoms. The van der Waals surface area contributed by atoms with Crippen molar-refractivity contribution in [3.63, 3.8) is 0 Å². The van der Waals surface area contributed by atoms with Crippen molar-refractivity contribution < 1.29 is 0 Å². The molecule has 17 heavy (non-hydrogen) atoms. The number of likely N-dealkylation sites (N-methyl/N-ethyl adjacent to an activating group) is 2. The Balaban J connectivity index is 2.61. The van der Waals surface area contributed by atoms with Crippen molar-refractivity contribution in [2.45, 2.75) is 34.2 Å². The van der Waals surface area contributed by atoms with Gasteiger partial charge in [-0.15, -0.1) is 0 Å². The average Bonchev–Trinajstić information content (AvgIpc) is 2.24. The van der Waals surface area contributed by atoms with E-state index in [0.717, 1.165) is 26.2 Å². The highest BCUT2D eigenvalue weighted by Crippen LogP contribution is 2.17. The monoisotopic (exact) mass is 234 g/mol. The summed E-state index contributed by atoms with van der Waals surface area (Å²) in [6, 6.07) is 4.56. The maximum Gasteiger partial charge on any atom is 0.0236 e. The standard InChI is InChI=1S/C15H26N2/c1-6-16-7-8-17(5)11-15-13(3)9-12(2)10-14(15)4/h9-10,16H,6-8,11H2,1-5H3. The van der Waals surface area contributed by atoms with Crippen molar-refractivity contribution in [2.75, 3.05) is 26.7 Å². The van der Waals surface area contributed by atoms with Gasteiger partial charge in [-0.1, -0.05) is 24.6 Å². The van der Waals surface area contributed by atoms with E-state index in [1.165, 1.54) is 22.3 Å². The molecule has 0 heterocycles. The van der Waals surface area contributed by atoms with Crippen molar-refractivity contribution in [1.29, 1.82) is 0 Å². The van der Waals surface area contributed by atoms with Crippen LogP contribution in [0.5, 0.6) is 0 Å². The Morgan fingerprint density at radius 2 is 1.71 bits per heavy atom. The lowest BCUT2D eigenvalue weighted by Crippen LogP contribution is -2.29. The molecule has 0 aliphatic heterocycles. The molecule has 2 nitrogen and oxygen atoms in total. The molecule has 0 fully saturated rings. The first-order chi connectivity index (χ1) is 8.04. The fourth-order valence-corrected chi connectivity index (χ4v) is 2.25. The summed E-state index contributed by atoms with van der Waals surface area (Å²) in [4.78, 5) is 2.38. The third kappa shape index (κ3) is 4.49. The van der Waals surface area contributed by atoms with E-state index in [4.69, 9.17) is 0 Å². The molecule has 0 aliphatic carbocycles. The zero-order chi connectivity index (χ0) is 12.8. The molecule has 1 N–H and O–H groups in total. The molecular formula is C15H26N2. The molecular weight excluding hydrogens is 208 g/mol. The molecule has 96 valence electrons. The number of nitrogens with zero attached hydrogens (tertiary/aromatic N) is 1. The summed E-state index contributed by atoms with van der Waals surface area (Å²) in [6.45, 7) is 13.0. The van der Waals surface area contributed by atoms with Crippen LogP contribution in [0.1, 0.15) is 29.2 Å². The summed E-state index contributed by atoms with van der Waals surface area (Å²) in [5, 5.41) is 3.36. The van der Waals surface area contributed by atoms with Crippen LogP contribution in [-0.4, -0.2) is 31.6 Å². The second-order valence-electron chi connectivity index (χ2n) is 4.97. The van der Waals surface area contributed by atoms with E-state index in [1.54, 1.807) is 0 Å². The zero-order valence-corrected chi connectivity index (χ0v) is 11.9. The predicted octanol–water partition coefficient (Wildman–Crippen LogP) is 2.65. The van der Waals surface area contributed by atoms with Crippen LogP contribution in [0.25, 0.3) is 0 Å². The first-order valence-corrected chi connectivity index (χ1v) is 6.50. The Morgan fingerprint density at radius 1 is 1.12 bits per heavy atom. The largest absolute Gasteiger partial charge is 0.316 e. The Labute approximate surface area is 106 Å². The fourth-order valence-electron chi connectivity index (χ4n) is 2.25. The van der Waals surface area contributed by atoms with Gasteiger partial charge in [-0.3, -0.25) is 0 Å².